The van der Waals surface area contributed by atoms with Gasteiger partial charge in [0.2, 0.25) is 0 Å². The summed E-state index contributed by atoms with van der Waals surface area (Å²) in [6, 6.07) is 4.07. The summed E-state index contributed by atoms with van der Waals surface area (Å²) in [5, 5.41) is 0. The maximum atomic E-state index is 5.21. The van der Waals surface area contributed by atoms with Gasteiger partial charge in [0.25, 0.3) is 0 Å². The lowest BCUT2D eigenvalue weighted by Gasteiger charge is -2.39. The van der Waals surface area contributed by atoms with Crippen LogP contribution in [0.1, 0.15) is 5.69 Å². The molecule has 3 nitrogen and oxygen atoms in total. The van der Waals surface area contributed by atoms with E-state index in [2.05, 4.69) is 25.8 Å². The second-order valence-electron chi connectivity index (χ2n) is 3.50. The largest absolute Gasteiger partial charge is 0.378 e. The number of halogens is 1. The van der Waals surface area contributed by atoms with Crippen molar-refractivity contribution < 1.29 is 4.74 Å². The van der Waals surface area contributed by atoms with Crippen molar-refractivity contribution in [2.75, 3.05) is 25.1 Å². The third kappa shape index (κ3) is 1.77. The first-order valence-corrected chi connectivity index (χ1v) is 5.41. The minimum Gasteiger partial charge on any atom is -0.378 e. The van der Waals surface area contributed by atoms with Gasteiger partial charge in [-0.05, 0) is 35.0 Å². The molecule has 0 unspecified atom stereocenters. The highest BCUT2D eigenvalue weighted by Gasteiger charge is 2.27. The Morgan fingerprint density at radius 1 is 1.50 bits per heavy atom. The Morgan fingerprint density at radius 2 is 2.21 bits per heavy atom. The topological polar surface area (TPSA) is 25.4 Å². The van der Waals surface area contributed by atoms with Crippen molar-refractivity contribution in [1.82, 2.24) is 4.98 Å². The van der Waals surface area contributed by atoms with Gasteiger partial charge in [-0.2, -0.15) is 0 Å². The van der Waals surface area contributed by atoms with Gasteiger partial charge >= 0.3 is 0 Å². The standard InChI is InChI=1S/C10H13BrN2O/c1-7-9(11)3-4-10(12-7)13-5-8(6-13)14-2/h3-4,8H,5-6H2,1-2H3. The second-order valence-corrected chi connectivity index (χ2v) is 4.35. The molecule has 14 heavy (non-hydrogen) atoms. The van der Waals surface area contributed by atoms with Gasteiger partial charge in [0, 0.05) is 24.7 Å². The van der Waals surface area contributed by atoms with Crippen molar-refractivity contribution >= 4 is 21.7 Å². The van der Waals surface area contributed by atoms with Gasteiger partial charge in [0.1, 0.15) is 5.82 Å². The zero-order valence-electron chi connectivity index (χ0n) is 8.33. The fourth-order valence-corrected chi connectivity index (χ4v) is 1.70. The Balaban J connectivity index is 2.08. The highest BCUT2D eigenvalue weighted by atomic mass is 79.9. The summed E-state index contributed by atoms with van der Waals surface area (Å²) in [5.74, 6) is 1.04. The summed E-state index contributed by atoms with van der Waals surface area (Å²) in [7, 11) is 1.75. The number of hydrogen-bond donors (Lipinski definition) is 0. The van der Waals surface area contributed by atoms with Gasteiger partial charge in [-0.3, -0.25) is 0 Å². The van der Waals surface area contributed by atoms with Crippen LogP contribution in [0.2, 0.25) is 0 Å². The Hall–Kier alpha value is -0.610. The summed E-state index contributed by atoms with van der Waals surface area (Å²) in [6.45, 7) is 3.90. The average molecular weight is 257 g/mol. The van der Waals surface area contributed by atoms with Crippen molar-refractivity contribution in [2.24, 2.45) is 0 Å². The average Bonchev–Trinajstić information content (AvgIpc) is 2.09. The minimum atomic E-state index is 0.376. The molecule has 0 N–H and O–H groups in total. The van der Waals surface area contributed by atoms with Gasteiger partial charge in [0.05, 0.1) is 11.8 Å². The maximum Gasteiger partial charge on any atom is 0.129 e. The van der Waals surface area contributed by atoms with E-state index in [4.69, 9.17) is 4.74 Å². The molecular weight excluding hydrogens is 244 g/mol. The van der Waals surface area contributed by atoms with Crippen LogP contribution >= 0.6 is 15.9 Å². The van der Waals surface area contributed by atoms with E-state index < -0.39 is 0 Å². The molecule has 1 aliphatic rings. The first kappa shape index (κ1) is 9.93. The van der Waals surface area contributed by atoms with Crippen LogP contribution in [0, 0.1) is 6.92 Å². The lowest BCUT2D eigenvalue weighted by atomic mass is 10.1. The Kier molecular flexibility index (Phi) is 2.74. The van der Waals surface area contributed by atoms with Gasteiger partial charge in [-0.25, -0.2) is 4.98 Å². The Labute approximate surface area is 92.2 Å². The molecule has 0 amide bonds. The van der Waals surface area contributed by atoms with Gasteiger partial charge in [-0.15, -0.1) is 0 Å². The number of methoxy groups -OCH3 is 1. The summed E-state index contributed by atoms with van der Waals surface area (Å²) < 4.78 is 6.27. The summed E-state index contributed by atoms with van der Waals surface area (Å²) in [6.07, 6.45) is 0.376. The molecule has 2 heterocycles. The molecule has 2 rings (SSSR count). The van der Waals surface area contributed by atoms with Crippen LogP contribution in [0.4, 0.5) is 5.82 Å². The van der Waals surface area contributed by atoms with Crippen LogP contribution in [-0.2, 0) is 4.74 Å². The summed E-state index contributed by atoms with van der Waals surface area (Å²) >= 11 is 3.44. The van der Waals surface area contributed by atoms with Crippen LogP contribution in [0.25, 0.3) is 0 Å². The fourth-order valence-electron chi connectivity index (χ4n) is 1.48. The number of anilines is 1. The van der Waals surface area contributed by atoms with Crippen molar-refractivity contribution in [3.05, 3.63) is 22.3 Å². The van der Waals surface area contributed by atoms with E-state index in [1.54, 1.807) is 7.11 Å². The van der Waals surface area contributed by atoms with Crippen molar-refractivity contribution in [1.29, 1.82) is 0 Å². The first-order valence-electron chi connectivity index (χ1n) is 4.61. The zero-order chi connectivity index (χ0) is 10.1. The highest BCUT2D eigenvalue weighted by molar-refractivity contribution is 9.10. The molecule has 1 aliphatic heterocycles. The van der Waals surface area contributed by atoms with Crippen LogP contribution in [0.15, 0.2) is 16.6 Å². The van der Waals surface area contributed by atoms with E-state index in [0.717, 1.165) is 29.1 Å². The Bertz CT molecular complexity index is 337. The van der Waals surface area contributed by atoms with Crippen LogP contribution in [0.3, 0.4) is 0 Å². The number of nitrogens with zero attached hydrogens (tertiary/aromatic N) is 2. The maximum absolute atomic E-state index is 5.21. The van der Waals surface area contributed by atoms with E-state index in [0.29, 0.717) is 6.10 Å². The third-order valence-electron chi connectivity index (χ3n) is 2.51. The van der Waals surface area contributed by atoms with Gasteiger partial charge in [0.15, 0.2) is 0 Å². The monoisotopic (exact) mass is 256 g/mol. The molecular formula is C10H13BrN2O. The predicted octanol–water partition coefficient (Wildman–Crippen LogP) is 1.99. The molecule has 0 atom stereocenters. The molecule has 0 aromatic carbocycles. The molecule has 0 bridgehead atoms. The summed E-state index contributed by atoms with van der Waals surface area (Å²) in [4.78, 5) is 6.70. The smallest absolute Gasteiger partial charge is 0.129 e. The molecule has 0 aliphatic carbocycles. The van der Waals surface area contributed by atoms with Crippen LogP contribution < -0.4 is 4.90 Å². The number of rotatable bonds is 2. The number of hydrogen-bond acceptors (Lipinski definition) is 3. The van der Waals surface area contributed by atoms with E-state index in [1.807, 2.05) is 19.1 Å². The predicted molar refractivity (Wildman–Crippen MR) is 59.7 cm³/mol. The highest BCUT2D eigenvalue weighted by Crippen LogP contribution is 2.23. The van der Waals surface area contributed by atoms with Gasteiger partial charge < -0.3 is 9.64 Å². The summed E-state index contributed by atoms with van der Waals surface area (Å²) in [5.41, 5.74) is 1.03. The lowest BCUT2D eigenvalue weighted by Crippen LogP contribution is -2.52. The third-order valence-corrected chi connectivity index (χ3v) is 3.35. The second kappa shape index (κ2) is 3.87. The SMILES string of the molecule is COC1CN(c2ccc(Br)c(C)n2)C1. The molecule has 1 saturated heterocycles. The molecule has 0 saturated carbocycles. The van der Waals surface area contributed by atoms with Crippen molar-refractivity contribution in [3.63, 3.8) is 0 Å². The van der Waals surface area contributed by atoms with Crippen molar-refractivity contribution in [3.8, 4) is 0 Å². The molecule has 4 heteroatoms. The zero-order valence-corrected chi connectivity index (χ0v) is 9.91. The molecule has 0 spiro atoms. The molecule has 1 aromatic rings. The fraction of sp³-hybridized carbons (Fsp3) is 0.500. The Morgan fingerprint density at radius 3 is 2.79 bits per heavy atom. The quantitative estimate of drug-likeness (QED) is 0.810. The molecule has 1 fully saturated rings. The first-order chi connectivity index (χ1) is 6.70. The minimum absolute atomic E-state index is 0.376. The number of aromatic nitrogens is 1. The normalized spacial score (nSPS) is 16.9. The molecule has 1 aromatic heterocycles. The van der Waals surface area contributed by atoms with E-state index in [-0.39, 0.29) is 0 Å². The lowest BCUT2D eigenvalue weighted by molar-refractivity contribution is 0.0783. The van der Waals surface area contributed by atoms with E-state index in [9.17, 15) is 0 Å². The van der Waals surface area contributed by atoms with Crippen LogP contribution in [0.5, 0.6) is 0 Å². The van der Waals surface area contributed by atoms with Crippen molar-refractivity contribution in [2.45, 2.75) is 13.0 Å². The van der Waals surface area contributed by atoms with E-state index in [1.165, 1.54) is 0 Å². The number of aryl methyl sites for hydroxylation is 1. The molecule has 76 valence electrons. The molecule has 0 radical (unpaired) electrons. The van der Waals surface area contributed by atoms with Gasteiger partial charge in [-0.1, -0.05) is 0 Å². The van der Waals surface area contributed by atoms with Crippen LogP contribution in [-0.4, -0.2) is 31.3 Å². The number of pyridine rings is 1. The van der Waals surface area contributed by atoms with E-state index >= 15 is 0 Å². The number of ether oxygens (including phenoxy) is 1.